The van der Waals surface area contributed by atoms with E-state index in [1.165, 1.54) is 5.56 Å². The van der Waals surface area contributed by atoms with Crippen LogP contribution in [-0.4, -0.2) is 52.5 Å². The predicted molar refractivity (Wildman–Crippen MR) is 109 cm³/mol. The average Bonchev–Trinajstić information content (AvgIpc) is 3.05. The Morgan fingerprint density at radius 2 is 2.13 bits per heavy atom. The van der Waals surface area contributed by atoms with Crippen molar-refractivity contribution in [2.45, 2.75) is 26.2 Å². The second-order valence-electron chi connectivity index (χ2n) is 5.06. The number of hydrogen-bond donors (Lipinski definition) is 2. The summed E-state index contributed by atoms with van der Waals surface area (Å²) in [6.45, 7) is 8.83. The summed E-state index contributed by atoms with van der Waals surface area (Å²) < 4.78 is 10.4. The van der Waals surface area contributed by atoms with Crippen molar-refractivity contribution in [1.82, 2.24) is 10.6 Å². The summed E-state index contributed by atoms with van der Waals surface area (Å²) in [6, 6.07) is 2.17. The monoisotopic (exact) mass is 455 g/mol. The topological polar surface area (TPSA) is 54.9 Å². The van der Waals surface area contributed by atoms with Gasteiger partial charge in [0.05, 0.1) is 13.2 Å². The number of methoxy groups -OCH3 is 1. The molecule has 0 aromatic carbocycles. The van der Waals surface area contributed by atoms with Crippen molar-refractivity contribution in [3.63, 3.8) is 0 Å². The van der Waals surface area contributed by atoms with Crippen molar-refractivity contribution < 1.29 is 9.47 Å². The molecule has 23 heavy (non-hydrogen) atoms. The zero-order valence-electron chi connectivity index (χ0n) is 14.3. The van der Waals surface area contributed by atoms with Crippen LogP contribution in [0.15, 0.2) is 21.8 Å². The molecule has 0 aliphatic heterocycles. The molecule has 7 heteroatoms. The van der Waals surface area contributed by atoms with E-state index in [-0.39, 0.29) is 24.0 Å². The fourth-order valence-electron chi connectivity index (χ4n) is 1.86. The molecule has 1 unspecified atom stereocenters. The van der Waals surface area contributed by atoms with Gasteiger partial charge in [-0.05, 0) is 35.7 Å². The van der Waals surface area contributed by atoms with Gasteiger partial charge in [0.2, 0.25) is 0 Å². The molecular formula is C16H30IN3O2S. The molecule has 0 aliphatic rings. The molecule has 0 spiro atoms. The lowest BCUT2D eigenvalue weighted by atomic mass is 10.1. The molecule has 1 aromatic heterocycles. The summed E-state index contributed by atoms with van der Waals surface area (Å²) in [4.78, 5) is 4.65. The zero-order valence-corrected chi connectivity index (χ0v) is 17.5. The fraction of sp³-hybridized carbons (Fsp3) is 0.688. The first-order chi connectivity index (χ1) is 10.8. The zero-order chi connectivity index (χ0) is 16.0. The molecule has 1 atom stereocenters. The normalized spacial score (nSPS) is 12.6. The van der Waals surface area contributed by atoms with Crippen LogP contribution in [-0.2, 0) is 9.47 Å². The molecule has 0 bridgehead atoms. The Labute approximate surface area is 161 Å². The van der Waals surface area contributed by atoms with E-state index in [9.17, 15) is 0 Å². The van der Waals surface area contributed by atoms with E-state index in [1.54, 1.807) is 18.4 Å². The summed E-state index contributed by atoms with van der Waals surface area (Å²) in [6.07, 6.45) is 0.953. The lowest BCUT2D eigenvalue weighted by Crippen LogP contribution is -2.38. The summed E-state index contributed by atoms with van der Waals surface area (Å²) in [5.41, 5.74) is 1.36. The summed E-state index contributed by atoms with van der Waals surface area (Å²) in [7, 11) is 1.68. The van der Waals surface area contributed by atoms with E-state index < -0.39 is 0 Å². The van der Waals surface area contributed by atoms with Crippen LogP contribution in [0.4, 0.5) is 0 Å². The van der Waals surface area contributed by atoms with Crippen molar-refractivity contribution in [2.75, 3.05) is 46.6 Å². The maximum Gasteiger partial charge on any atom is 0.191 e. The number of thiophene rings is 1. The fourth-order valence-corrected chi connectivity index (χ4v) is 2.64. The number of ether oxygens (including phenoxy) is 2. The van der Waals surface area contributed by atoms with Crippen LogP contribution in [0, 0.1) is 0 Å². The smallest absolute Gasteiger partial charge is 0.191 e. The van der Waals surface area contributed by atoms with E-state index in [2.05, 4.69) is 46.3 Å². The van der Waals surface area contributed by atoms with Crippen LogP contribution in [0.3, 0.4) is 0 Å². The van der Waals surface area contributed by atoms with Crippen molar-refractivity contribution >= 4 is 41.3 Å². The Hall–Kier alpha value is -0.380. The van der Waals surface area contributed by atoms with Gasteiger partial charge >= 0.3 is 0 Å². The van der Waals surface area contributed by atoms with Gasteiger partial charge in [-0.15, -0.1) is 24.0 Å². The maximum absolute atomic E-state index is 5.44. The number of aliphatic imine (C=N–C) groups is 1. The SMILES string of the molecule is CCNC(=NCC(C)c1ccsc1)NCCCOCCOC.I. The van der Waals surface area contributed by atoms with Crippen molar-refractivity contribution in [1.29, 1.82) is 0 Å². The molecule has 2 N–H and O–H groups in total. The van der Waals surface area contributed by atoms with E-state index in [1.807, 2.05) is 0 Å². The third-order valence-electron chi connectivity index (χ3n) is 3.17. The van der Waals surface area contributed by atoms with Crippen LogP contribution in [0.2, 0.25) is 0 Å². The van der Waals surface area contributed by atoms with Crippen LogP contribution < -0.4 is 10.6 Å². The maximum atomic E-state index is 5.44. The number of nitrogens with zero attached hydrogens (tertiary/aromatic N) is 1. The van der Waals surface area contributed by atoms with Crippen molar-refractivity contribution in [3.05, 3.63) is 22.4 Å². The first-order valence-corrected chi connectivity index (χ1v) is 8.83. The molecule has 0 radical (unpaired) electrons. The van der Waals surface area contributed by atoms with Gasteiger partial charge in [0.25, 0.3) is 0 Å². The molecule has 134 valence electrons. The molecule has 0 fully saturated rings. The summed E-state index contributed by atoms with van der Waals surface area (Å²) >= 11 is 1.73. The van der Waals surface area contributed by atoms with Gasteiger partial charge in [-0.25, -0.2) is 0 Å². The van der Waals surface area contributed by atoms with Crippen molar-refractivity contribution in [3.8, 4) is 0 Å². The Bertz CT molecular complexity index is 402. The molecule has 0 amide bonds. The minimum Gasteiger partial charge on any atom is -0.382 e. The number of halogens is 1. The van der Waals surface area contributed by atoms with Crippen LogP contribution in [0.5, 0.6) is 0 Å². The van der Waals surface area contributed by atoms with Crippen LogP contribution >= 0.6 is 35.3 Å². The van der Waals surface area contributed by atoms with E-state index >= 15 is 0 Å². The minimum absolute atomic E-state index is 0. The number of rotatable bonds is 11. The Kier molecular flexibility index (Phi) is 14.9. The molecule has 0 aliphatic carbocycles. The second-order valence-corrected chi connectivity index (χ2v) is 5.84. The first-order valence-electron chi connectivity index (χ1n) is 7.88. The molecule has 0 saturated carbocycles. The number of nitrogens with one attached hydrogen (secondary N) is 2. The highest BCUT2D eigenvalue weighted by molar-refractivity contribution is 14.0. The van der Waals surface area contributed by atoms with Gasteiger partial charge in [-0.1, -0.05) is 6.92 Å². The highest BCUT2D eigenvalue weighted by Gasteiger charge is 2.05. The molecule has 1 aromatic rings. The Morgan fingerprint density at radius 1 is 1.30 bits per heavy atom. The Morgan fingerprint density at radius 3 is 2.78 bits per heavy atom. The van der Waals surface area contributed by atoms with E-state index in [0.717, 1.165) is 38.6 Å². The van der Waals surface area contributed by atoms with Gasteiger partial charge in [0.1, 0.15) is 0 Å². The standard InChI is InChI=1S/C16H29N3O2S.HI/c1-4-17-16(18-7-5-8-21-10-9-20-3)19-12-14(2)15-6-11-22-13-15;/h6,11,13-14H,4-5,7-10,12H2,1-3H3,(H2,17,18,19);1H. The third kappa shape index (κ3) is 10.9. The lowest BCUT2D eigenvalue weighted by Gasteiger charge is -2.13. The van der Waals surface area contributed by atoms with Gasteiger partial charge < -0.3 is 20.1 Å². The van der Waals surface area contributed by atoms with E-state index in [4.69, 9.17) is 9.47 Å². The highest BCUT2D eigenvalue weighted by Crippen LogP contribution is 2.18. The molecular weight excluding hydrogens is 425 g/mol. The summed E-state index contributed by atoms with van der Waals surface area (Å²) in [5.74, 6) is 1.32. The van der Waals surface area contributed by atoms with Gasteiger partial charge in [0, 0.05) is 39.3 Å². The second kappa shape index (κ2) is 15.2. The molecule has 1 heterocycles. The summed E-state index contributed by atoms with van der Waals surface area (Å²) in [5, 5.41) is 10.9. The minimum atomic E-state index is 0. The molecule has 0 saturated heterocycles. The van der Waals surface area contributed by atoms with Gasteiger partial charge in [-0.2, -0.15) is 11.3 Å². The largest absolute Gasteiger partial charge is 0.382 e. The van der Waals surface area contributed by atoms with Crippen LogP contribution in [0.1, 0.15) is 31.7 Å². The van der Waals surface area contributed by atoms with Crippen LogP contribution in [0.25, 0.3) is 0 Å². The van der Waals surface area contributed by atoms with Crippen molar-refractivity contribution in [2.24, 2.45) is 4.99 Å². The van der Waals surface area contributed by atoms with Gasteiger partial charge in [-0.3, -0.25) is 4.99 Å². The van der Waals surface area contributed by atoms with Gasteiger partial charge in [0.15, 0.2) is 5.96 Å². The number of hydrogen-bond acceptors (Lipinski definition) is 4. The lowest BCUT2D eigenvalue weighted by molar-refractivity contribution is 0.0698. The third-order valence-corrected chi connectivity index (χ3v) is 3.87. The molecule has 1 rings (SSSR count). The average molecular weight is 455 g/mol. The highest BCUT2D eigenvalue weighted by atomic mass is 127. The quantitative estimate of drug-likeness (QED) is 0.233. The Balaban J connectivity index is 0.00000484. The first kappa shape index (κ1) is 22.6. The molecule has 5 nitrogen and oxygen atoms in total. The predicted octanol–water partition coefficient (Wildman–Crippen LogP) is 3.08. The number of guanidine groups is 1. The van der Waals surface area contributed by atoms with E-state index in [0.29, 0.717) is 19.1 Å².